The molecule has 2 fully saturated rings. The van der Waals surface area contributed by atoms with Gasteiger partial charge in [-0.2, -0.15) is 0 Å². The first-order valence-corrected chi connectivity index (χ1v) is 10.1. The van der Waals surface area contributed by atoms with Crippen LogP contribution in [0.2, 0.25) is 0 Å². The number of aromatic hydroxyl groups is 1. The van der Waals surface area contributed by atoms with Crippen molar-refractivity contribution in [3.63, 3.8) is 0 Å². The fourth-order valence-corrected chi connectivity index (χ4v) is 4.79. The maximum Gasteiger partial charge on any atom is 0.315 e. The minimum absolute atomic E-state index is 0.0145. The monoisotopic (exact) mass is 408 g/mol. The normalized spacial score (nSPS) is 19.7. The topological polar surface area (TPSA) is 92.9 Å². The Morgan fingerprint density at radius 3 is 2.74 bits per heavy atom. The summed E-state index contributed by atoms with van der Waals surface area (Å²) in [4.78, 5) is 25.5. The number of amides is 1. The van der Waals surface area contributed by atoms with Crippen molar-refractivity contribution < 1.29 is 19.6 Å². The van der Waals surface area contributed by atoms with Gasteiger partial charge in [0.15, 0.2) is 5.75 Å². The first-order chi connectivity index (χ1) is 12.9. The number of thioether (sulfide) groups is 1. The predicted octanol–water partition coefficient (Wildman–Crippen LogP) is 4.23. The van der Waals surface area contributed by atoms with E-state index >= 15 is 0 Å². The maximum atomic E-state index is 12.9. The molecule has 2 aliphatic rings. The minimum Gasteiger partial charge on any atom is -0.500 e. The number of thiocarbonyl (C=S) groups is 1. The Kier molecular flexibility index (Phi) is 6.01. The molecule has 1 heterocycles. The molecule has 0 unspecified atom stereocenters. The van der Waals surface area contributed by atoms with Crippen LogP contribution in [0.5, 0.6) is 11.5 Å². The van der Waals surface area contributed by atoms with Crippen LogP contribution < -0.4 is 4.74 Å². The molecule has 9 heteroatoms. The Bertz CT molecular complexity index is 818. The Morgan fingerprint density at radius 1 is 1.41 bits per heavy atom. The second kappa shape index (κ2) is 8.26. The SMILES string of the molecule is CCOc1cc(/C=C2/SC(=S)N(C3CCCCC3)C2=O)cc([N+](=O)[O-])c1O. The number of nitro groups is 1. The first kappa shape index (κ1) is 19.6. The quantitative estimate of drug-likeness (QED) is 0.337. The number of carbonyl (C=O) groups excluding carboxylic acids is 1. The van der Waals surface area contributed by atoms with Gasteiger partial charge in [0.2, 0.25) is 5.75 Å². The average molecular weight is 409 g/mol. The summed E-state index contributed by atoms with van der Waals surface area (Å²) in [6.45, 7) is 1.96. The Balaban J connectivity index is 1.93. The van der Waals surface area contributed by atoms with E-state index in [1.54, 1.807) is 17.9 Å². The van der Waals surface area contributed by atoms with Gasteiger partial charge in [-0.1, -0.05) is 43.2 Å². The minimum atomic E-state index is -0.678. The highest BCUT2D eigenvalue weighted by Gasteiger charge is 2.37. The molecule has 1 saturated heterocycles. The number of hydrogen-bond acceptors (Lipinski definition) is 7. The smallest absolute Gasteiger partial charge is 0.315 e. The van der Waals surface area contributed by atoms with Crippen LogP contribution in [0.1, 0.15) is 44.6 Å². The lowest BCUT2D eigenvalue weighted by Gasteiger charge is -2.29. The summed E-state index contributed by atoms with van der Waals surface area (Å²) >= 11 is 6.61. The first-order valence-electron chi connectivity index (χ1n) is 8.83. The lowest BCUT2D eigenvalue weighted by molar-refractivity contribution is -0.386. The van der Waals surface area contributed by atoms with Gasteiger partial charge in [-0.15, -0.1) is 0 Å². The highest BCUT2D eigenvalue weighted by Crippen LogP contribution is 2.40. The van der Waals surface area contributed by atoms with E-state index in [0.717, 1.165) is 25.7 Å². The van der Waals surface area contributed by atoms with Crippen molar-refractivity contribution in [3.05, 3.63) is 32.7 Å². The van der Waals surface area contributed by atoms with Gasteiger partial charge in [0.05, 0.1) is 16.4 Å². The van der Waals surface area contributed by atoms with E-state index in [1.165, 1.54) is 30.3 Å². The fourth-order valence-electron chi connectivity index (χ4n) is 3.39. The number of nitrogens with zero attached hydrogens (tertiary/aromatic N) is 2. The molecule has 0 aromatic heterocycles. The van der Waals surface area contributed by atoms with Crippen LogP contribution >= 0.6 is 24.0 Å². The molecule has 1 aliphatic heterocycles. The molecule has 1 aromatic rings. The van der Waals surface area contributed by atoms with Gasteiger partial charge < -0.3 is 9.84 Å². The van der Waals surface area contributed by atoms with Crippen LogP contribution in [-0.4, -0.2) is 37.8 Å². The Hall–Kier alpha value is -2.13. The third-order valence-electron chi connectivity index (χ3n) is 4.63. The number of ether oxygens (including phenoxy) is 1. The Labute approximate surface area is 166 Å². The summed E-state index contributed by atoms with van der Waals surface area (Å²) in [7, 11) is 0. The average Bonchev–Trinajstić information content (AvgIpc) is 2.91. The summed E-state index contributed by atoms with van der Waals surface area (Å²) in [5, 5.41) is 21.2. The van der Waals surface area contributed by atoms with Crippen LogP contribution in [0, 0.1) is 10.1 Å². The molecular weight excluding hydrogens is 388 g/mol. The third-order valence-corrected chi connectivity index (χ3v) is 5.97. The van der Waals surface area contributed by atoms with Gasteiger partial charge in [0, 0.05) is 12.1 Å². The number of hydrogen-bond donors (Lipinski definition) is 1. The van der Waals surface area contributed by atoms with Crippen molar-refractivity contribution >= 4 is 46.0 Å². The number of nitro benzene ring substituents is 1. The van der Waals surface area contributed by atoms with Crippen molar-refractivity contribution in [2.75, 3.05) is 6.61 Å². The van der Waals surface area contributed by atoms with Crippen LogP contribution in [0.4, 0.5) is 5.69 Å². The largest absolute Gasteiger partial charge is 0.500 e. The highest BCUT2D eigenvalue weighted by atomic mass is 32.2. The number of benzene rings is 1. The van der Waals surface area contributed by atoms with E-state index in [4.69, 9.17) is 17.0 Å². The second-order valence-electron chi connectivity index (χ2n) is 6.42. The molecule has 1 saturated carbocycles. The summed E-state index contributed by atoms with van der Waals surface area (Å²) < 4.78 is 5.81. The standard InChI is InChI=1S/C18H20N2O5S2/c1-2-25-14-9-11(8-13(16(14)21)20(23)24)10-15-17(22)19(18(26)27-15)12-6-4-3-5-7-12/h8-10,12,21H,2-7H2,1H3/b15-10+. The molecule has 0 spiro atoms. The predicted molar refractivity (Wildman–Crippen MR) is 108 cm³/mol. The summed E-state index contributed by atoms with van der Waals surface area (Å²) in [6.07, 6.45) is 6.80. The van der Waals surface area contributed by atoms with Crippen molar-refractivity contribution in [1.29, 1.82) is 0 Å². The van der Waals surface area contributed by atoms with Gasteiger partial charge in [-0.25, -0.2) is 0 Å². The van der Waals surface area contributed by atoms with E-state index in [2.05, 4.69) is 0 Å². The van der Waals surface area contributed by atoms with Gasteiger partial charge >= 0.3 is 5.69 Å². The van der Waals surface area contributed by atoms with Crippen molar-refractivity contribution in [3.8, 4) is 11.5 Å². The number of carbonyl (C=O) groups is 1. The molecule has 1 aliphatic carbocycles. The zero-order valence-electron chi connectivity index (χ0n) is 14.8. The third kappa shape index (κ3) is 4.08. The number of rotatable bonds is 5. The molecular formula is C18H20N2O5S2. The maximum absolute atomic E-state index is 12.9. The van der Waals surface area contributed by atoms with E-state index in [1.807, 2.05) is 0 Å². The van der Waals surface area contributed by atoms with E-state index in [0.29, 0.717) is 14.8 Å². The molecule has 1 N–H and O–H groups in total. The second-order valence-corrected chi connectivity index (χ2v) is 8.10. The molecule has 0 bridgehead atoms. The summed E-state index contributed by atoms with van der Waals surface area (Å²) in [5.74, 6) is -0.667. The molecule has 1 aromatic carbocycles. The van der Waals surface area contributed by atoms with E-state index in [-0.39, 0.29) is 24.3 Å². The van der Waals surface area contributed by atoms with Crippen molar-refractivity contribution in [1.82, 2.24) is 4.90 Å². The molecule has 3 rings (SSSR count). The number of phenols is 1. The molecule has 1 amide bonds. The summed E-state index contributed by atoms with van der Waals surface area (Å²) in [5.41, 5.74) is -0.0537. The van der Waals surface area contributed by atoms with Crippen LogP contribution in [0.15, 0.2) is 17.0 Å². The van der Waals surface area contributed by atoms with Crippen LogP contribution in [0.25, 0.3) is 6.08 Å². The summed E-state index contributed by atoms with van der Waals surface area (Å²) in [6, 6.07) is 2.84. The van der Waals surface area contributed by atoms with Crippen LogP contribution in [-0.2, 0) is 4.79 Å². The van der Waals surface area contributed by atoms with Gasteiger partial charge in [0.25, 0.3) is 5.91 Å². The zero-order valence-corrected chi connectivity index (χ0v) is 16.5. The molecule has 7 nitrogen and oxygen atoms in total. The molecule has 0 atom stereocenters. The van der Waals surface area contributed by atoms with Gasteiger partial charge in [-0.3, -0.25) is 19.8 Å². The molecule has 27 heavy (non-hydrogen) atoms. The zero-order chi connectivity index (χ0) is 19.6. The van der Waals surface area contributed by atoms with Gasteiger partial charge in [-0.05, 0) is 37.5 Å². The lowest BCUT2D eigenvalue weighted by Crippen LogP contribution is -2.39. The molecule has 144 valence electrons. The fraction of sp³-hybridized carbons (Fsp3) is 0.444. The van der Waals surface area contributed by atoms with E-state index in [9.17, 15) is 20.0 Å². The Morgan fingerprint density at radius 2 is 2.11 bits per heavy atom. The van der Waals surface area contributed by atoms with E-state index < -0.39 is 16.4 Å². The van der Waals surface area contributed by atoms with Crippen molar-refractivity contribution in [2.45, 2.75) is 45.1 Å². The highest BCUT2D eigenvalue weighted by molar-refractivity contribution is 8.26. The van der Waals surface area contributed by atoms with Gasteiger partial charge in [0.1, 0.15) is 4.32 Å². The van der Waals surface area contributed by atoms with Crippen LogP contribution in [0.3, 0.4) is 0 Å². The number of phenolic OH excluding ortho intramolecular Hbond substituents is 1. The lowest BCUT2D eigenvalue weighted by atomic mass is 9.94. The van der Waals surface area contributed by atoms with Crippen molar-refractivity contribution in [2.24, 2.45) is 0 Å². The molecule has 0 radical (unpaired) electrons.